The zero-order valence-electron chi connectivity index (χ0n) is 10.8. The Labute approximate surface area is 104 Å². The van der Waals surface area contributed by atoms with Crippen molar-refractivity contribution in [1.82, 2.24) is 0 Å². The first kappa shape index (κ1) is 22.2. The van der Waals surface area contributed by atoms with Gasteiger partial charge in [-0.2, -0.15) is 26.3 Å². The Hall–Kier alpha value is 0.0138. The van der Waals surface area contributed by atoms with E-state index in [1.165, 1.54) is 6.42 Å². The Morgan fingerprint density at radius 2 is 0.882 bits per heavy atom. The Morgan fingerprint density at radius 3 is 0.882 bits per heavy atom. The summed E-state index contributed by atoms with van der Waals surface area (Å²) in [6.07, 6.45) is -6.53. The SMILES string of the molecule is CCC.C[SiH2]CC(F)(F)F.C[SiH2]CC(F)(F)F. The summed E-state index contributed by atoms with van der Waals surface area (Å²) in [6.45, 7) is 7.54. The monoisotopic (exact) mass is 300 g/mol. The summed E-state index contributed by atoms with van der Waals surface area (Å²) in [5.41, 5.74) is 0. The van der Waals surface area contributed by atoms with Crippen molar-refractivity contribution >= 4 is 19.0 Å². The summed E-state index contributed by atoms with van der Waals surface area (Å²) in [5.74, 6) is 0. The lowest BCUT2D eigenvalue weighted by atomic mass is 10.6. The van der Waals surface area contributed by atoms with Gasteiger partial charge in [-0.15, -0.1) is 0 Å². The van der Waals surface area contributed by atoms with Gasteiger partial charge in [0.25, 0.3) is 0 Å². The van der Waals surface area contributed by atoms with E-state index in [2.05, 4.69) is 13.8 Å². The second-order valence-electron chi connectivity index (χ2n) is 3.44. The smallest absolute Gasteiger partial charge is 0.172 e. The summed E-state index contributed by atoms with van der Waals surface area (Å²) in [4.78, 5) is 0. The topological polar surface area (TPSA) is 0 Å². The summed E-state index contributed by atoms with van der Waals surface area (Å²) in [5, 5.41) is 0. The molecule has 17 heavy (non-hydrogen) atoms. The molecule has 0 aromatic rings. The van der Waals surface area contributed by atoms with Crippen LogP contribution in [-0.4, -0.2) is 31.4 Å². The zero-order valence-corrected chi connectivity index (χ0v) is 13.6. The lowest BCUT2D eigenvalue weighted by Crippen LogP contribution is -2.07. The average molecular weight is 300 g/mol. The summed E-state index contributed by atoms with van der Waals surface area (Å²) in [6, 6.07) is -1.04. The molecule has 0 nitrogen and oxygen atoms in total. The Bertz CT molecular complexity index is 127. The average Bonchev–Trinajstić information content (AvgIpc) is 2.01. The lowest BCUT2D eigenvalue weighted by Gasteiger charge is -1.99. The molecule has 0 saturated heterocycles. The molecular formula is C9H22F6Si2. The fourth-order valence-electron chi connectivity index (χ4n) is 0.567. The van der Waals surface area contributed by atoms with Crippen molar-refractivity contribution in [3.63, 3.8) is 0 Å². The lowest BCUT2D eigenvalue weighted by molar-refractivity contribution is -0.110. The largest absolute Gasteiger partial charge is 0.386 e. The number of alkyl halides is 6. The van der Waals surface area contributed by atoms with Gasteiger partial charge in [-0.05, 0) is 0 Å². The van der Waals surface area contributed by atoms with Crippen LogP contribution in [0.25, 0.3) is 0 Å². The Kier molecular flexibility index (Phi) is 16.3. The van der Waals surface area contributed by atoms with Crippen LogP contribution in [0.1, 0.15) is 20.3 Å². The van der Waals surface area contributed by atoms with Crippen LogP contribution in [0.2, 0.25) is 25.2 Å². The van der Waals surface area contributed by atoms with E-state index in [4.69, 9.17) is 0 Å². The number of rotatable bonds is 2. The first-order valence-electron chi connectivity index (χ1n) is 5.67. The van der Waals surface area contributed by atoms with E-state index < -0.39 is 43.5 Å². The fourth-order valence-corrected chi connectivity index (χ4v) is 1.70. The first-order valence-corrected chi connectivity index (χ1v) is 10.5. The first-order chi connectivity index (χ1) is 7.54. The van der Waals surface area contributed by atoms with Crippen molar-refractivity contribution in [2.75, 3.05) is 0 Å². The highest BCUT2D eigenvalue weighted by molar-refractivity contribution is 6.33. The molecule has 0 unspecified atom stereocenters. The van der Waals surface area contributed by atoms with Crippen LogP contribution in [0.15, 0.2) is 0 Å². The minimum atomic E-state index is -3.89. The standard InChI is InChI=1S/2C3H7F3Si.C3H8/c2*1-7-2-3(4,5)6;1-3-2/h2*2,7H2,1H3;3H2,1-2H3. The predicted molar refractivity (Wildman–Crippen MR) is 66.5 cm³/mol. The molecule has 0 aliphatic rings. The van der Waals surface area contributed by atoms with Gasteiger partial charge in [-0.3, -0.25) is 0 Å². The quantitative estimate of drug-likeness (QED) is 0.538. The molecule has 0 aromatic heterocycles. The number of hydrogen-bond acceptors (Lipinski definition) is 0. The van der Waals surface area contributed by atoms with Crippen molar-refractivity contribution in [2.45, 2.75) is 57.8 Å². The molecule has 0 amide bonds. The minimum Gasteiger partial charge on any atom is -0.172 e. The molecule has 0 spiro atoms. The molecule has 8 heteroatoms. The van der Waals surface area contributed by atoms with E-state index in [1.807, 2.05) is 0 Å². The molecule has 0 atom stereocenters. The van der Waals surface area contributed by atoms with Crippen LogP contribution in [-0.2, 0) is 0 Å². The van der Waals surface area contributed by atoms with Crippen molar-refractivity contribution in [1.29, 1.82) is 0 Å². The maximum absolute atomic E-state index is 11.1. The van der Waals surface area contributed by atoms with E-state index in [-0.39, 0.29) is 0 Å². The normalized spacial score (nSPS) is 12.4. The van der Waals surface area contributed by atoms with Crippen LogP contribution < -0.4 is 0 Å². The summed E-state index contributed by atoms with van der Waals surface area (Å²) in [7, 11) is -1.63. The molecule has 0 aliphatic carbocycles. The van der Waals surface area contributed by atoms with Gasteiger partial charge < -0.3 is 0 Å². The highest BCUT2D eigenvalue weighted by Gasteiger charge is 2.25. The van der Waals surface area contributed by atoms with Crippen LogP contribution >= 0.6 is 0 Å². The van der Waals surface area contributed by atoms with Crippen LogP contribution in [0.4, 0.5) is 26.3 Å². The van der Waals surface area contributed by atoms with Gasteiger partial charge in [-0.25, -0.2) is 0 Å². The van der Waals surface area contributed by atoms with Gasteiger partial charge in [0.05, 0.1) is 0 Å². The van der Waals surface area contributed by atoms with Crippen LogP contribution in [0.3, 0.4) is 0 Å². The Morgan fingerprint density at radius 1 is 0.706 bits per heavy atom. The highest BCUT2D eigenvalue weighted by atomic mass is 28.2. The van der Waals surface area contributed by atoms with Gasteiger partial charge in [-0.1, -0.05) is 33.4 Å². The van der Waals surface area contributed by atoms with Crippen molar-refractivity contribution in [3.05, 3.63) is 0 Å². The molecule has 0 aromatic carbocycles. The third kappa shape index (κ3) is 49.0. The van der Waals surface area contributed by atoms with Gasteiger partial charge in [0, 0.05) is 31.1 Å². The van der Waals surface area contributed by atoms with Crippen LogP contribution in [0.5, 0.6) is 0 Å². The second-order valence-corrected chi connectivity index (χ2v) is 6.44. The molecular weight excluding hydrogens is 278 g/mol. The molecule has 0 radical (unpaired) electrons. The fraction of sp³-hybridized carbons (Fsp3) is 1.00. The molecule has 108 valence electrons. The molecule has 0 fully saturated rings. The maximum Gasteiger partial charge on any atom is 0.386 e. The molecule has 0 saturated carbocycles. The summed E-state index contributed by atoms with van der Waals surface area (Å²) < 4.78 is 66.5. The van der Waals surface area contributed by atoms with Crippen LogP contribution in [0, 0.1) is 0 Å². The van der Waals surface area contributed by atoms with E-state index in [1.54, 1.807) is 13.1 Å². The van der Waals surface area contributed by atoms with Crippen molar-refractivity contribution < 1.29 is 26.3 Å². The third-order valence-electron chi connectivity index (χ3n) is 1.07. The molecule has 0 bridgehead atoms. The van der Waals surface area contributed by atoms with E-state index in [9.17, 15) is 26.3 Å². The highest BCUT2D eigenvalue weighted by Crippen LogP contribution is 2.19. The van der Waals surface area contributed by atoms with Gasteiger partial charge >= 0.3 is 12.4 Å². The molecule has 0 aliphatic heterocycles. The molecule has 0 rings (SSSR count). The molecule has 0 heterocycles. The van der Waals surface area contributed by atoms with E-state index in [0.29, 0.717) is 0 Å². The maximum atomic E-state index is 11.1. The predicted octanol–water partition coefficient (Wildman–Crippen LogP) is 3.78. The number of hydrogen-bond donors (Lipinski definition) is 0. The number of halogens is 6. The van der Waals surface area contributed by atoms with Crippen molar-refractivity contribution in [3.8, 4) is 0 Å². The van der Waals surface area contributed by atoms with Crippen molar-refractivity contribution in [2.24, 2.45) is 0 Å². The zero-order chi connectivity index (χ0) is 14.5. The van der Waals surface area contributed by atoms with E-state index in [0.717, 1.165) is 0 Å². The Balaban J connectivity index is -0.000000188. The molecule has 0 N–H and O–H groups in total. The second kappa shape index (κ2) is 12.5. The van der Waals surface area contributed by atoms with Gasteiger partial charge in [0.2, 0.25) is 0 Å². The third-order valence-corrected chi connectivity index (χ3v) is 3.20. The minimum absolute atomic E-state index is 0.521. The van der Waals surface area contributed by atoms with Gasteiger partial charge in [0.15, 0.2) is 0 Å². The van der Waals surface area contributed by atoms with E-state index >= 15 is 0 Å². The van der Waals surface area contributed by atoms with Gasteiger partial charge in [0.1, 0.15) is 0 Å². The summed E-state index contributed by atoms with van der Waals surface area (Å²) >= 11 is 0.